The van der Waals surface area contributed by atoms with Crippen LogP contribution in [0.15, 0.2) is 41.3 Å². The molecule has 27 heavy (non-hydrogen) atoms. The van der Waals surface area contributed by atoms with Crippen molar-refractivity contribution in [2.45, 2.75) is 50.8 Å². The first-order valence-corrected chi connectivity index (χ1v) is 10.7. The van der Waals surface area contributed by atoms with E-state index in [1.54, 1.807) is 20.0 Å². The van der Waals surface area contributed by atoms with Gasteiger partial charge in [0.15, 0.2) is 12.2 Å². The lowest BCUT2D eigenvalue weighted by Gasteiger charge is -2.28. The minimum absolute atomic E-state index is 0.0208. The second kappa shape index (κ2) is 8.22. The van der Waals surface area contributed by atoms with Crippen LogP contribution in [0.25, 0.3) is 11.3 Å². The summed E-state index contributed by atoms with van der Waals surface area (Å²) in [4.78, 5) is 16.4. The fourth-order valence-electron chi connectivity index (χ4n) is 3.16. The Bertz CT molecular complexity index is 853. The number of carbonyl (C=O) groups is 1. The smallest absolute Gasteiger partial charge is 0.227 e. The summed E-state index contributed by atoms with van der Waals surface area (Å²) in [7, 11) is -3.27. The van der Waals surface area contributed by atoms with E-state index in [2.05, 4.69) is 15.0 Å². The molecule has 1 fully saturated rings. The van der Waals surface area contributed by atoms with Crippen molar-refractivity contribution in [1.82, 2.24) is 9.71 Å². The van der Waals surface area contributed by atoms with Gasteiger partial charge in [0.05, 0.1) is 11.4 Å². The molecule has 0 atom stereocenters. The van der Waals surface area contributed by atoms with Crippen molar-refractivity contribution in [3.8, 4) is 11.3 Å². The van der Waals surface area contributed by atoms with Gasteiger partial charge in [-0.25, -0.2) is 18.1 Å². The summed E-state index contributed by atoms with van der Waals surface area (Å²) in [5, 5.41) is 2.50. The summed E-state index contributed by atoms with van der Waals surface area (Å²) in [6.07, 6.45) is 5.71. The highest BCUT2D eigenvalue weighted by Gasteiger charge is 2.29. The summed E-state index contributed by atoms with van der Waals surface area (Å²) in [6.45, 7) is 3.32. The quantitative estimate of drug-likeness (QED) is 0.788. The van der Waals surface area contributed by atoms with Crippen LogP contribution in [0.2, 0.25) is 0 Å². The Hall–Kier alpha value is -2.19. The van der Waals surface area contributed by atoms with Crippen LogP contribution in [-0.4, -0.2) is 30.6 Å². The molecular weight excluding hydrogens is 366 g/mol. The molecule has 0 unspecified atom stereocenters. The lowest BCUT2D eigenvalue weighted by atomic mass is 9.86. The monoisotopic (exact) mass is 391 g/mol. The van der Waals surface area contributed by atoms with Gasteiger partial charge in [0, 0.05) is 23.2 Å². The summed E-state index contributed by atoms with van der Waals surface area (Å²) in [5.41, 5.74) is 1.62. The van der Waals surface area contributed by atoms with Crippen molar-refractivity contribution in [3.63, 3.8) is 0 Å². The zero-order valence-corrected chi connectivity index (χ0v) is 16.3. The Morgan fingerprint density at radius 1 is 1.15 bits per heavy atom. The summed E-state index contributed by atoms with van der Waals surface area (Å²) < 4.78 is 31.9. The Balaban J connectivity index is 1.51. The molecule has 1 amide bonds. The molecule has 0 bridgehead atoms. The van der Waals surface area contributed by atoms with E-state index in [4.69, 9.17) is 4.42 Å². The van der Waals surface area contributed by atoms with Crippen molar-refractivity contribution in [2.75, 3.05) is 5.32 Å². The number of nitrogens with zero attached hydrogens (tertiary/aromatic N) is 1. The number of nitrogens with one attached hydrogen (secondary N) is 2. The molecule has 0 spiro atoms. The molecule has 1 aliphatic rings. The molecular formula is C19H25N3O4S. The summed E-state index contributed by atoms with van der Waals surface area (Å²) >= 11 is 0. The van der Waals surface area contributed by atoms with Crippen molar-refractivity contribution >= 4 is 21.6 Å². The number of carbonyl (C=O) groups excluding carboxylic acids is 1. The highest BCUT2D eigenvalue weighted by atomic mass is 32.2. The van der Waals surface area contributed by atoms with E-state index >= 15 is 0 Å². The molecule has 1 heterocycles. The van der Waals surface area contributed by atoms with E-state index in [0.29, 0.717) is 31.4 Å². The van der Waals surface area contributed by atoms with E-state index in [1.807, 2.05) is 24.3 Å². The summed E-state index contributed by atoms with van der Waals surface area (Å²) in [6, 6.07) is 7.32. The third-order valence-corrected chi connectivity index (χ3v) is 6.82. The molecule has 3 rings (SSSR count). The fourth-order valence-corrected chi connectivity index (χ4v) is 4.13. The van der Waals surface area contributed by atoms with Crippen LogP contribution in [0.1, 0.15) is 39.5 Å². The van der Waals surface area contributed by atoms with E-state index < -0.39 is 15.3 Å². The average molecular weight is 391 g/mol. The predicted molar refractivity (Wildman–Crippen MR) is 104 cm³/mol. The minimum Gasteiger partial charge on any atom is -0.444 e. The number of rotatable bonds is 6. The van der Waals surface area contributed by atoms with Crippen LogP contribution in [-0.2, 0) is 14.8 Å². The number of hydrogen-bond donors (Lipinski definition) is 2. The van der Waals surface area contributed by atoms with Crippen LogP contribution < -0.4 is 10.0 Å². The van der Waals surface area contributed by atoms with Gasteiger partial charge in [-0.1, -0.05) is 0 Å². The third kappa shape index (κ3) is 4.95. The molecule has 0 radical (unpaired) electrons. The van der Waals surface area contributed by atoms with Crippen molar-refractivity contribution < 1.29 is 17.6 Å². The maximum Gasteiger partial charge on any atom is 0.227 e. The molecule has 2 N–H and O–H groups in total. The highest BCUT2D eigenvalue weighted by molar-refractivity contribution is 7.90. The van der Waals surface area contributed by atoms with Gasteiger partial charge in [-0.2, -0.15) is 0 Å². The molecule has 0 aliphatic heterocycles. The first-order chi connectivity index (χ1) is 12.8. The molecule has 2 aromatic rings. The normalized spacial score (nSPS) is 20.6. The largest absolute Gasteiger partial charge is 0.444 e. The lowest BCUT2D eigenvalue weighted by molar-refractivity contribution is -0.120. The van der Waals surface area contributed by atoms with E-state index in [9.17, 15) is 13.2 Å². The van der Waals surface area contributed by atoms with Gasteiger partial charge in [-0.15, -0.1) is 0 Å². The van der Waals surface area contributed by atoms with Crippen molar-refractivity contribution in [2.24, 2.45) is 5.92 Å². The Morgan fingerprint density at radius 3 is 2.37 bits per heavy atom. The highest BCUT2D eigenvalue weighted by Crippen LogP contribution is 2.27. The molecule has 0 saturated heterocycles. The molecule has 1 aliphatic carbocycles. The predicted octanol–water partition coefficient (Wildman–Crippen LogP) is 3.17. The van der Waals surface area contributed by atoms with E-state index in [-0.39, 0.29) is 17.9 Å². The number of anilines is 1. The van der Waals surface area contributed by atoms with Crippen LogP contribution in [0, 0.1) is 5.92 Å². The fraction of sp³-hybridized carbons (Fsp3) is 0.474. The second-order valence-corrected chi connectivity index (χ2v) is 9.46. The van der Waals surface area contributed by atoms with Crippen molar-refractivity contribution in [3.05, 3.63) is 36.9 Å². The number of sulfonamides is 1. The standard InChI is InChI=1S/C19H25N3O4S/c1-13(2)27(24,25)22-17-9-5-15(6-10-17)19(23)21-16-7-3-14(4-8-16)18-11-20-12-26-18/h3-4,7-8,11-13,15,17,22H,5-6,9-10H2,1-2H3,(H,21,23)/t15-,17-. The van der Waals surface area contributed by atoms with Gasteiger partial charge in [-0.05, 0) is 63.8 Å². The number of hydrogen-bond acceptors (Lipinski definition) is 5. The first kappa shape index (κ1) is 19.6. The van der Waals surface area contributed by atoms with Gasteiger partial charge < -0.3 is 9.73 Å². The second-order valence-electron chi connectivity index (χ2n) is 7.19. The molecule has 1 saturated carbocycles. The molecule has 1 aromatic heterocycles. The number of amides is 1. The molecule has 7 nitrogen and oxygen atoms in total. The molecule has 146 valence electrons. The van der Waals surface area contributed by atoms with Gasteiger partial charge in [-0.3, -0.25) is 4.79 Å². The van der Waals surface area contributed by atoms with Crippen LogP contribution in [0.3, 0.4) is 0 Å². The van der Waals surface area contributed by atoms with Gasteiger partial charge in [0.1, 0.15) is 0 Å². The van der Waals surface area contributed by atoms with Crippen LogP contribution >= 0.6 is 0 Å². The maximum absolute atomic E-state index is 12.5. The van der Waals surface area contributed by atoms with Gasteiger partial charge in [0.2, 0.25) is 15.9 Å². The van der Waals surface area contributed by atoms with Crippen LogP contribution in [0.5, 0.6) is 0 Å². The first-order valence-electron chi connectivity index (χ1n) is 9.16. The van der Waals surface area contributed by atoms with E-state index in [1.165, 1.54) is 6.39 Å². The molecule has 8 heteroatoms. The Kier molecular flexibility index (Phi) is 5.96. The van der Waals surface area contributed by atoms with Crippen molar-refractivity contribution in [1.29, 1.82) is 0 Å². The third-order valence-electron chi connectivity index (χ3n) is 4.92. The zero-order chi connectivity index (χ0) is 19.4. The zero-order valence-electron chi connectivity index (χ0n) is 15.5. The topological polar surface area (TPSA) is 101 Å². The van der Waals surface area contributed by atoms with Crippen LogP contribution in [0.4, 0.5) is 5.69 Å². The van der Waals surface area contributed by atoms with Gasteiger partial charge >= 0.3 is 0 Å². The number of benzene rings is 1. The Morgan fingerprint density at radius 2 is 1.81 bits per heavy atom. The molecule has 1 aromatic carbocycles. The maximum atomic E-state index is 12.5. The Labute approximate surface area is 159 Å². The minimum atomic E-state index is -3.27. The summed E-state index contributed by atoms with van der Waals surface area (Å²) in [5.74, 6) is 0.557. The number of oxazole rings is 1. The van der Waals surface area contributed by atoms with E-state index in [0.717, 1.165) is 11.3 Å². The average Bonchev–Trinajstić information content (AvgIpc) is 3.17. The SMILES string of the molecule is CC(C)S(=O)(=O)N[C@H]1CC[C@H](C(=O)Nc2ccc(-c3cnco3)cc2)CC1. The lowest BCUT2D eigenvalue weighted by Crippen LogP contribution is -2.42. The number of aromatic nitrogens is 1. The van der Waals surface area contributed by atoms with Gasteiger partial charge in [0.25, 0.3) is 0 Å².